The van der Waals surface area contributed by atoms with E-state index >= 15 is 0 Å². The van der Waals surface area contributed by atoms with Crippen molar-refractivity contribution >= 4 is 0 Å². The molecule has 0 bridgehead atoms. The van der Waals surface area contributed by atoms with E-state index in [1.807, 2.05) is 29.8 Å². The molecule has 0 radical (unpaired) electrons. The fourth-order valence-corrected chi connectivity index (χ4v) is 3.46. The highest BCUT2D eigenvalue weighted by atomic mass is 16.6. The van der Waals surface area contributed by atoms with Crippen LogP contribution in [0.5, 0.6) is 11.8 Å². The maximum Gasteiger partial charge on any atom is 0.300 e. The van der Waals surface area contributed by atoms with Crippen molar-refractivity contribution in [3.8, 4) is 22.9 Å². The van der Waals surface area contributed by atoms with Crippen LogP contribution in [0.25, 0.3) is 11.1 Å². The number of nitrogens with zero attached hydrogens (tertiary/aromatic N) is 2. The van der Waals surface area contributed by atoms with Crippen LogP contribution >= 0.6 is 0 Å². The van der Waals surface area contributed by atoms with Crippen LogP contribution in [0.4, 0.5) is 0 Å². The highest BCUT2D eigenvalue weighted by Crippen LogP contribution is 2.27. The highest BCUT2D eigenvalue weighted by molar-refractivity contribution is 5.68. The summed E-state index contributed by atoms with van der Waals surface area (Å²) < 4.78 is 13.6. The summed E-state index contributed by atoms with van der Waals surface area (Å²) in [6, 6.07) is 14.8. The standard InChI is InChI=1S/C23H24N2O3/c1-4-17-12-25-13-20(28-23(25)24-22(17)26)14-27-19-10-8-18(9-11-19)21-7-5-6-15(2)16(21)3/h5-12,20H,4,13-14H2,1-3H3/t20-/m0/s1. The molecule has 2 heterocycles. The quantitative estimate of drug-likeness (QED) is 0.677. The van der Waals surface area contributed by atoms with Crippen molar-refractivity contribution in [1.29, 1.82) is 0 Å². The first-order chi connectivity index (χ1) is 13.5. The van der Waals surface area contributed by atoms with E-state index in [-0.39, 0.29) is 11.7 Å². The zero-order chi connectivity index (χ0) is 19.7. The SMILES string of the molecule is CCc1cn2c(nc1=O)O[C@H](COc1ccc(-c3cccc(C)c3C)cc1)C2. The van der Waals surface area contributed by atoms with Gasteiger partial charge in [-0.3, -0.25) is 9.36 Å². The van der Waals surface area contributed by atoms with E-state index in [1.54, 1.807) is 0 Å². The fraction of sp³-hybridized carbons (Fsp3) is 0.304. The number of hydrogen-bond donors (Lipinski definition) is 0. The molecular weight excluding hydrogens is 352 g/mol. The summed E-state index contributed by atoms with van der Waals surface area (Å²) in [6.07, 6.45) is 2.35. The summed E-state index contributed by atoms with van der Waals surface area (Å²) in [6.45, 7) is 7.26. The van der Waals surface area contributed by atoms with E-state index in [1.165, 1.54) is 22.3 Å². The molecule has 28 heavy (non-hydrogen) atoms. The van der Waals surface area contributed by atoms with Crippen molar-refractivity contribution in [3.63, 3.8) is 0 Å². The summed E-state index contributed by atoms with van der Waals surface area (Å²) in [7, 11) is 0. The zero-order valence-electron chi connectivity index (χ0n) is 16.4. The monoisotopic (exact) mass is 376 g/mol. The second kappa shape index (κ2) is 7.50. The summed E-state index contributed by atoms with van der Waals surface area (Å²) in [4.78, 5) is 15.9. The van der Waals surface area contributed by atoms with Gasteiger partial charge in [-0.2, -0.15) is 4.98 Å². The molecule has 3 aromatic rings. The third kappa shape index (κ3) is 3.52. The average Bonchev–Trinajstić information content (AvgIpc) is 3.10. The van der Waals surface area contributed by atoms with Gasteiger partial charge in [-0.25, -0.2) is 0 Å². The Hall–Kier alpha value is -3.08. The molecule has 0 amide bonds. The van der Waals surface area contributed by atoms with Crippen molar-refractivity contribution in [3.05, 3.63) is 75.7 Å². The van der Waals surface area contributed by atoms with Gasteiger partial charge in [0.25, 0.3) is 11.6 Å². The maximum atomic E-state index is 11.9. The van der Waals surface area contributed by atoms with Gasteiger partial charge in [0.1, 0.15) is 12.4 Å². The minimum Gasteiger partial charge on any atom is -0.490 e. The molecule has 0 aliphatic carbocycles. The Labute approximate surface area is 164 Å². The third-order valence-corrected chi connectivity index (χ3v) is 5.29. The predicted molar refractivity (Wildman–Crippen MR) is 109 cm³/mol. The van der Waals surface area contributed by atoms with Crippen LogP contribution in [-0.4, -0.2) is 22.3 Å². The second-order valence-electron chi connectivity index (χ2n) is 7.18. The second-order valence-corrected chi connectivity index (χ2v) is 7.18. The number of ether oxygens (including phenoxy) is 2. The Bertz CT molecular complexity index is 1050. The van der Waals surface area contributed by atoms with Crippen molar-refractivity contribution in [2.75, 3.05) is 6.61 Å². The molecule has 144 valence electrons. The van der Waals surface area contributed by atoms with Crippen LogP contribution in [0.1, 0.15) is 23.6 Å². The Morgan fingerprint density at radius 3 is 2.71 bits per heavy atom. The third-order valence-electron chi connectivity index (χ3n) is 5.29. The van der Waals surface area contributed by atoms with Gasteiger partial charge in [0.2, 0.25) is 0 Å². The molecule has 0 saturated heterocycles. The maximum absolute atomic E-state index is 11.9. The molecule has 0 N–H and O–H groups in total. The van der Waals surface area contributed by atoms with E-state index < -0.39 is 0 Å². The molecule has 2 aromatic carbocycles. The lowest BCUT2D eigenvalue weighted by Crippen LogP contribution is -2.23. The van der Waals surface area contributed by atoms with Gasteiger partial charge in [0.15, 0.2) is 6.10 Å². The fourth-order valence-electron chi connectivity index (χ4n) is 3.46. The first-order valence-electron chi connectivity index (χ1n) is 9.61. The average molecular weight is 376 g/mol. The summed E-state index contributed by atoms with van der Waals surface area (Å²) in [5, 5.41) is 0. The Balaban J connectivity index is 1.41. The van der Waals surface area contributed by atoms with Crippen molar-refractivity contribution in [2.45, 2.75) is 39.8 Å². The smallest absolute Gasteiger partial charge is 0.300 e. The lowest BCUT2D eigenvalue weighted by atomic mass is 9.97. The zero-order valence-corrected chi connectivity index (χ0v) is 16.4. The Morgan fingerprint density at radius 2 is 1.96 bits per heavy atom. The molecule has 0 spiro atoms. The number of hydrogen-bond acceptors (Lipinski definition) is 4. The first-order valence-corrected chi connectivity index (χ1v) is 9.61. The molecule has 5 heteroatoms. The molecular formula is C23H24N2O3. The normalized spacial score (nSPS) is 15.2. The minimum absolute atomic E-state index is 0.155. The van der Waals surface area contributed by atoms with Gasteiger partial charge in [0, 0.05) is 11.8 Å². The van der Waals surface area contributed by atoms with E-state index in [4.69, 9.17) is 9.47 Å². The van der Waals surface area contributed by atoms with Crippen molar-refractivity contribution in [2.24, 2.45) is 0 Å². The van der Waals surface area contributed by atoms with Gasteiger partial charge in [-0.15, -0.1) is 0 Å². The predicted octanol–water partition coefficient (Wildman–Crippen LogP) is 3.93. The number of benzene rings is 2. The lowest BCUT2D eigenvalue weighted by molar-refractivity contribution is 0.143. The molecule has 0 fully saturated rings. The minimum atomic E-state index is -0.211. The van der Waals surface area contributed by atoms with Crippen LogP contribution in [0.15, 0.2) is 53.5 Å². The molecule has 1 atom stereocenters. The number of aromatic nitrogens is 2. The number of fused-ring (bicyclic) bond motifs is 1. The topological polar surface area (TPSA) is 53.4 Å². The van der Waals surface area contributed by atoms with Crippen molar-refractivity contribution in [1.82, 2.24) is 9.55 Å². The van der Waals surface area contributed by atoms with Gasteiger partial charge < -0.3 is 9.47 Å². The molecule has 5 nitrogen and oxygen atoms in total. The van der Waals surface area contributed by atoms with Crippen molar-refractivity contribution < 1.29 is 9.47 Å². The Morgan fingerprint density at radius 1 is 1.18 bits per heavy atom. The van der Waals surface area contributed by atoms with E-state index in [0.717, 1.165) is 5.75 Å². The van der Waals surface area contributed by atoms with Crippen LogP contribution in [0, 0.1) is 13.8 Å². The highest BCUT2D eigenvalue weighted by Gasteiger charge is 2.24. The lowest BCUT2D eigenvalue weighted by Gasteiger charge is -2.12. The van der Waals surface area contributed by atoms with Crippen LogP contribution in [-0.2, 0) is 13.0 Å². The number of aryl methyl sites for hydroxylation is 2. The summed E-state index contributed by atoms with van der Waals surface area (Å²) >= 11 is 0. The van der Waals surface area contributed by atoms with Gasteiger partial charge >= 0.3 is 0 Å². The Kier molecular flexibility index (Phi) is 4.90. The molecule has 0 saturated carbocycles. The van der Waals surface area contributed by atoms with Crippen LogP contribution in [0.2, 0.25) is 0 Å². The molecule has 1 aromatic heterocycles. The largest absolute Gasteiger partial charge is 0.490 e. The molecule has 1 aliphatic rings. The van der Waals surface area contributed by atoms with Crippen LogP contribution in [0.3, 0.4) is 0 Å². The van der Waals surface area contributed by atoms with Gasteiger partial charge in [-0.1, -0.05) is 37.3 Å². The molecule has 0 unspecified atom stereocenters. The molecule has 1 aliphatic heterocycles. The summed E-state index contributed by atoms with van der Waals surface area (Å²) in [5.41, 5.74) is 5.49. The van der Waals surface area contributed by atoms with E-state index in [9.17, 15) is 4.79 Å². The molecule has 4 rings (SSSR count). The number of rotatable bonds is 5. The summed E-state index contributed by atoms with van der Waals surface area (Å²) in [5.74, 6) is 0.797. The van der Waals surface area contributed by atoms with Gasteiger partial charge in [0.05, 0.1) is 6.54 Å². The van der Waals surface area contributed by atoms with E-state index in [2.05, 4.69) is 49.2 Å². The van der Waals surface area contributed by atoms with Gasteiger partial charge in [-0.05, 0) is 54.7 Å². The first kappa shape index (κ1) is 18.3. The van der Waals surface area contributed by atoms with Crippen LogP contribution < -0.4 is 15.0 Å². The van der Waals surface area contributed by atoms with E-state index in [0.29, 0.717) is 31.1 Å².